The molecule has 2 rings (SSSR count). The molecule has 5 nitrogen and oxygen atoms in total. The second-order valence-electron chi connectivity index (χ2n) is 4.29. The minimum absolute atomic E-state index is 0.00253. The second kappa shape index (κ2) is 6.14. The van der Waals surface area contributed by atoms with E-state index in [4.69, 9.17) is 5.73 Å². The summed E-state index contributed by atoms with van der Waals surface area (Å²) in [5.74, 6) is -0.482. The zero-order valence-corrected chi connectivity index (χ0v) is 10.6. The molecule has 1 aromatic carbocycles. The molecule has 1 heterocycles. The topological polar surface area (TPSA) is 72.9 Å². The first-order valence-electron chi connectivity index (χ1n) is 5.96. The van der Waals surface area contributed by atoms with Crippen LogP contribution in [0.15, 0.2) is 36.7 Å². The largest absolute Gasteiger partial charge is 0.378 e. The van der Waals surface area contributed by atoms with Crippen LogP contribution in [0.1, 0.15) is 17.6 Å². The molecular formula is C13H14F2N4O. The molecule has 0 radical (unpaired) electrons. The van der Waals surface area contributed by atoms with Crippen LogP contribution in [0.5, 0.6) is 0 Å². The highest BCUT2D eigenvalue weighted by atomic mass is 19.3. The van der Waals surface area contributed by atoms with E-state index in [9.17, 15) is 13.6 Å². The lowest BCUT2D eigenvalue weighted by Gasteiger charge is -2.06. The first-order chi connectivity index (χ1) is 9.54. The van der Waals surface area contributed by atoms with Gasteiger partial charge in [-0.1, -0.05) is 18.2 Å². The van der Waals surface area contributed by atoms with E-state index in [0.717, 1.165) is 5.56 Å². The number of rotatable bonds is 6. The predicted molar refractivity (Wildman–Crippen MR) is 70.1 cm³/mol. The molecule has 3 N–H and O–H groups in total. The number of primary amides is 1. The monoisotopic (exact) mass is 280 g/mol. The number of alkyl halides is 2. The molecule has 1 aromatic heterocycles. The SMILES string of the molecule is NC(=O)Cn1cc(NCc2cccc(C(F)F)c2)cn1. The number of nitrogens with zero attached hydrogens (tertiary/aromatic N) is 2. The van der Waals surface area contributed by atoms with Crippen LogP contribution in [0.2, 0.25) is 0 Å². The average molecular weight is 280 g/mol. The zero-order chi connectivity index (χ0) is 14.5. The number of aromatic nitrogens is 2. The number of carbonyl (C=O) groups is 1. The lowest BCUT2D eigenvalue weighted by molar-refractivity contribution is -0.118. The fourth-order valence-corrected chi connectivity index (χ4v) is 1.74. The molecule has 0 aliphatic heterocycles. The fourth-order valence-electron chi connectivity index (χ4n) is 1.74. The Morgan fingerprint density at radius 1 is 1.45 bits per heavy atom. The van der Waals surface area contributed by atoms with Gasteiger partial charge in [0.05, 0.1) is 11.9 Å². The van der Waals surface area contributed by atoms with Crippen molar-refractivity contribution in [3.63, 3.8) is 0 Å². The molecule has 1 amide bonds. The number of hydrogen-bond acceptors (Lipinski definition) is 3. The first-order valence-corrected chi connectivity index (χ1v) is 5.96. The third-order valence-corrected chi connectivity index (χ3v) is 2.65. The number of amides is 1. The van der Waals surface area contributed by atoms with Crippen molar-refractivity contribution in [1.82, 2.24) is 9.78 Å². The smallest absolute Gasteiger partial charge is 0.263 e. The maximum atomic E-state index is 12.6. The van der Waals surface area contributed by atoms with Crippen molar-refractivity contribution in [3.05, 3.63) is 47.8 Å². The van der Waals surface area contributed by atoms with Crippen molar-refractivity contribution in [3.8, 4) is 0 Å². The van der Waals surface area contributed by atoms with Crippen LogP contribution in [0.25, 0.3) is 0 Å². The number of halogens is 2. The molecule has 106 valence electrons. The molecule has 20 heavy (non-hydrogen) atoms. The predicted octanol–water partition coefficient (Wildman–Crippen LogP) is 1.92. The highest BCUT2D eigenvalue weighted by Crippen LogP contribution is 2.19. The molecule has 0 aliphatic carbocycles. The summed E-state index contributed by atoms with van der Waals surface area (Å²) >= 11 is 0. The molecule has 0 bridgehead atoms. The van der Waals surface area contributed by atoms with E-state index in [1.807, 2.05) is 0 Å². The van der Waals surface area contributed by atoms with Crippen LogP contribution in [0, 0.1) is 0 Å². The highest BCUT2D eigenvalue weighted by Gasteiger charge is 2.07. The number of carbonyl (C=O) groups excluding carboxylic acids is 1. The van der Waals surface area contributed by atoms with E-state index in [0.29, 0.717) is 12.2 Å². The Labute approximate surface area is 114 Å². The summed E-state index contributed by atoms with van der Waals surface area (Å²) in [5, 5.41) is 6.99. The van der Waals surface area contributed by atoms with E-state index in [-0.39, 0.29) is 12.1 Å². The van der Waals surface area contributed by atoms with Gasteiger partial charge in [0.15, 0.2) is 0 Å². The van der Waals surface area contributed by atoms with Gasteiger partial charge < -0.3 is 11.1 Å². The molecule has 0 saturated carbocycles. The zero-order valence-electron chi connectivity index (χ0n) is 10.6. The Morgan fingerprint density at radius 2 is 2.25 bits per heavy atom. The molecular weight excluding hydrogens is 266 g/mol. The van der Waals surface area contributed by atoms with Gasteiger partial charge >= 0.3 is 0 Å². The van der Waals surface area contributed by atoms with Gasteiger partial charge in [0.2, 0.25) is 5.91 Å². The number of hydrogen-bond donors (Lipinski definition) is 2. The quantitative estimate of drug-likeness (QED) is 0.849. The molecule has 0 atom stereocenters. The van der Waals surface area contributed by atoms with Crippen LogP contribution in [-0.4, -0.2) is 15.7 Å². The number of benzene rings is 1. The van der Waals surface area contributed by atoms with Crippen molar-refractivity contribution >= 4 is 11.6 Å². The summed E-state index contributed by atoms with van der Waals surface area (Å²) in [6, 6.07) is 6.19. The molecule has 0 fully saturated rings. The summed E-state index contributed by atoms with van der Waals surface area (Å²) in [4.78, 5) is 10.7. The van der Waals surface area contributed by atoms with Gasteiger partial charge in [-0.05, 0) is 11.6 Å². The van der Waals surface area contributed by atoms with Crippen molar-refractivity contribution in [2.75, 3.05) is 5.32 Å². The Bertz CT molecular complexity index is 598. The van der Waals surface area contributed by atoms with Gasteiger partial charge in [-0.2, -0.15) is 5.10 Å². The summed E-state index contributed by atoms with van der Waals surface area (Å²) in [5.41, 5.74) is 6.48. The summed E-state index contributed by atoms with van der Waals surface area (Å²) in [7, 11) is 0. The standard InChI is InChI=1S/C13H14F2N4O/c14-13(15)10-3-1-2-9(4-10)5-17-11-6-18-19(7-11)8-12(16)20/h1-4,6-7,13,17H,5,8H2,(H2,16,20). The van der Waals surface area contributed by atoms with Crippen LogP contribution in [-0.2, 0) is 17.9 Å². The molecule has 7 heteroatoms. The fraction of sp³-hybridized carbons (Fsp3) is 0.231. The lowest BCUT2D eigenvalue weighted by atomic mass is 10.1. The summed E-state index contributed by atoms with van der Waals surface area (Å²) in [6.45, 7) is 0.394. The molecule has 0 spiro atoms. The van der Waals surface area contributed by atoms with E-state index in [1.165, 1.54) is 16.8 Å². The van der Waals surface area contributed by atoms with E-state index in [1.54, 1.807) is 24.5 Å². The van der Waals surface area contributed by atoms with Gasteiger partial charge in [-0.25, -0.2) is 8.78 Å². The first kappa shape index (κ1) is 14.0. The highest BCUT2D eigenvalue weighted by molar-refractivity contribution is 5.73. The third-order valence-electron chi connectivity index (χ3n) is 2.65. The van der Waals surface area contributed by atoms with E-state index in [2.05, 4.69) is 10.4 Å². The number of anilines is 1. The Morgan fingerprint density at radius 3 is 2.95 bits per heavy atom. The van der Waals surface area contributed by atoms with Gasteiger partial charge in [-0.15, -0.1) is 0 Å². The number of nitrogens with two attached hydrogens (primary N) is 1. The van der Waals surface area contributed by atoms with Crippen LogP contribution >= 0.6 is 0 Å². The number of nitrogens with one attached hydrogen (secondary N) is 1. The van der Waals surface area contributed by atoms with Crippen molar-refractivity contribution < 1.29 is 13.6 Å². The molecule has 0 unspecified atom stereocenters. The molecule has 0 aliphatic rings. The Kier molecular flexibility index (Phi) is 4.29. The summed E-state index contributed by atoms with van der Waals surface area (Å²) < 4.78 is 26.5. The Hall–Kier alpha value is -2.44. The second-order valence-corrected chi connectivity index (χ2v) is 4.29. The van der Waals surface area contributed by atoms with Gasteiger partial charge in [0.25, 0.3) is 6.43 Å². The Balaban J connectivity index is 1.96. The molecule has 0 saturated heterocycles. The maximum absolute atomic E-state index is 12.6. The van der Waals surface area contributed by atoms with E-state index < -0.39 is 12.3 Å². The van der Waals surface area contributed by atoms with Crippen LogP contribution < -0.4 is 11.1 Å². The molecule has 2 aromatic rings. The minimum atomic E-state index is -2.48. The average Bonchev–Trinajstić information content (AvgIpc) is 2.83. The van der Waals surface area contributed by atoms with Gasteiger partial charge in [0, 0.05) is 18.3 Å². The van der Waals surface area contributed by atoms with Gasteiger partial charge in [-0.3, -0.25) is 9.48 Å². The third kappa shape index (κ3) is 3.78. The van der Waals surface area contributed by atoms with Crippen LogP contribution in [0.4, 0.5) is 14.5 Å². The minimum Gasteiger partial charge on any atom is -0.378 e. The lowest BCUT2D eigenvalue weighted by Crippen LogP contribution is -2.18. The van der Waals surface area contributed by atoms with Crippen LogP contribution in [0.3, 0.4) is 0 Å². The van der Waals surface area contributed by atoms with Crippen molar-refractivity contribution in [2.45, 2.75) is 19.5 Å². The van der Waals surface area contributed by atoms with E-state index >= 15 is 0 Å². The normalized spacial score (nSPS) is 10.8. The van der Waals surface area contributed by atoms with Crippen molar-refractivity contribution in [2.24, 2.45) is 5.73 Å². The summed E-state index contributed by atoms with van der Waals surface area (Å²) in [6.07, 6.45) is 0.690. The maximum Gasteiger partial charge on any atom is 0.263 e. The van der Waals surface area contributed by atoms with Gasteiger partial charge in [0.1, 0.15) is 6.54 Å². The van der Waals surface area contributed by atoms with Crippen molar-refractivity contribution in [1.29, 1.82) is 0 Å².